The second-order valence-electron chi connectivity index (χ2n) is 5.46. The highest BCUT2D eigenvalue weighted by Crippen LogP contribution is 2.25. The second kappa shape index (κ2) is 8.66. The van der Waals surface area contributed by atoms with Crippen LogP contribution in [0.5, 0.6) is 5.75 Å². The van der Waals surface area contributed by atoms with Crippen molar-refractivity contribution in [3.8, 4) is 16.3 Å². The van der Waals surface area contributed by atoms with E-state index in [0.29, 0.717) is 10.7 Å². The zero-order valence-corrected chi connectivity index (χ0v) is 15.6. The van der Waals surface area contributed by atoms with Crippen molar-refractivity contribution in [1.29, 1.82) is 0 Å². The van der Waals surface area contributed by atoms with Crippen LogP contribution in [0, 0.1) is 0 Å². The van der Waals surface area contributed by atoms with Gasteiger partial charge in [-0.2, -0.15) is 0 Å². The standard InChI is InChI=1S/C19H15ClN2O4S/c20-13-7-5-12(6-8-13)19-22-14(11-27-19)9-26-17(23)10-25-16-4-2-1-3-15(16)18(21)24/h1-8,11H,9-10H2,(H2,21,24). The quantitative estimate of drug-likeness (QED) is 0.608. The van der Waals surface area contributed by atoms with Gasteiger partial charge in [0.1, 0.15) is 17.4 Å². The van der Waals surface area contributed by atoms with Gasteiger partial charge in [-0.1, -0.05) is 35.9 Å². The van der Waals surface area contributed by atoms with Gasteiger partial charge in [0.25, 0.3) is 5.91 Å². The van der Waals surface area contributed by atoms with E-state index in [4.69, 9.17) is 26.8 Å². The Bertz CT molecular complexity index is 956. The van der Waals surface area contributed by atoms with Gasteiger partial charge in [0.2, 0.25) is 0 Å². The third-order valence-electron chi connectivity index (χ3n) is 3.52. The number of hydrogen-bond acceptors (Lipinski definition) is 6. The van der Waals surface area contributed by atoms with Crippen molar-refractivity contribution in [3.63, 3.8) is 0 Å². The van der Waals surface area contributed by atoms with Gasteiger partial charge in [-0.05, 0) is 24.3 Å². The van der Waals surface area contributed by atoms with Crippen molar-refractivity contribution in [2.75, 3.05) is 6.61 Å². The molecule has 0 saturated carbocycles. The molecule has 1 aromatic heterocycles. The number of rotatable bonds is 7. The fourth-order valence-electron chi connectivity index (χ4n) is 2.23. The third kappa shape index (κ3) is 5.06. The highest BCUT2D eigenvalue weighted by molar-refractivity contribution is 7.13. The Hall–Kier alpha value is -2.90. The molecule has 0 spiro atoms. The van der Waals surface area contributed by atoms with Crippen LogP contribution in [0.4, 0.5) is 0 Å². The van der Waals surface area contributed by atoms with E-state index in [1.54, 1.807) is 30.3 Å². The molecule has 0 radical (unpaired) electrons. The lowest BCUT2D eigenvalue weighted by molar-refractivity contribution is -0.147. The number of amides is 1. The summed E-state index contributed by atoms with van der Waals surface area (Å²) in [5.74, 6) is -0.966. The molecule has 0 aliphatic heterocycles. The first-order chi connectivity index (χ1) is 13.0. The lowest BCUT2D eigenvalue weighted by atomic mass is 10.2. The molecular weight excluding hydrogens is 388 g/mol. The molecule has 0 aliphatic carbocycles. The number of nitrogens with two attached hydrogens (primary N) is 1. The number of primary amides is 1. The molecule has 0 fully saturated rings. The number of carbonyl (C=O) groups excluding carboxylic acids is 2. The fourth-order valence-corrected chi connectivity index (χ4v) is 3.16. The van der Waals surface area contributed by atoms with E-state index in [1.807, 2.05) is 17.5 Å². The Morgan fingerprint density at radius 2 is 1.85 bits per heavy atom. The molecule has 0 aliphatic rings. The molecule has 6 nitrogen and oxygen atoms in total. The Kier molecular flexibility index (Phi) is 6.05. The number of para-hydroxylation sites is 1. The van der Waals surface area contributed by atoms with Crippen LogP contribution in [-0.4, -0.2) is 23.5 Å². The monoisotopic (exact) mass is 402 g/mol. The summed E-state index contributed by atoms with van der Waals surface area (Å²) in [5.41, 5.74) is 7.04. The van der Waals surface area contributed by atoms with E-state index in [0.717, 1.165) is 10.6 Å². The van der Waals surface area contributed by atoms with E-state index in [9.17, 15) is 9.59 Å². The summed E-state index contributed by atoms with van der Waals surface area (Å²) >= 11 is 7.33. The summed E-state index contributed by atoms with van der Waals surface area (Å²) in [7, 11) is 0. The average molecular weight is 403 g/mol. The number of nitrogens with zero attached hydrogens (tertiary/aromatic N) is 1. The minimum absolute atomic E-state index is 0.0315. The molecule has 3 aromatic rings. The molecular formula is C19H15ClN2O4S. The zero-order valence-electron chi connectivity index (χ0n) is 14.1. The van der Waals surface area contributed by atoms with Crippen molar-refractivity contribution in [3.05, 3.63) is 70.2 Å². The number of carbonyl (C=O) groups is 2. The summed E-state index contributed by atoms with van der Waals surface area (Å²) in [6.07, 6.45) is 0. The summed E-state index contributed by atoms with van der Waals surface area (Å²) in [6.45, 7) is -0.303. The van der Waals surface area contributed by atoms with Crippen LogP contribution in [0.15, 0.2) is 53.9 Å². The third-order valence-corrected chi connectivity index (χ3v) is 4.71. The first-order valence-electron chi connectivity index (χ1n) is 7.90. The van der Waals surface area contributed by atoms with Gasteiger partial charge in [0.05, 0.1) is 11.3 Å². The highest BCUT2D eigenvalue weighted by atomic mass is 35.5. The van der Waals surface area contributed by atoms with E-state index < -0.39 is 11.9 Å². The Morgan fingerprint density at radius 3 is 2.59 bits per heavy atom. The second-order valence-corrected chi connectivity index (χ2v) is 6.76. The van der Waals surface area contributed by atoms with Crippen molar-refractivity contribution in [1.82, 2.24) is 4.98 Å². The molecule has 27 heavy (non-hydrogen) atoms. The maximum absolute atomic E-state index is 11.9. The average Bonchev–Trinajstić information content (AvgIpc) is 3.14. The van der Waals surface area contributed by atoms with Gasteiger partial charge in [0.15, 0.2) is 6.61 Å². The molecule has 1 amide bonds. The molecule has 0 unspecified atom stereocenters. The van der Waals surface area contributed by atoms with Crippen LogP contribution in [-0.2, 0) is 16.1 Å². The molecule has 138 valence electrons. The van der Waals surface area contributed by atoms with E-state index in [1.165, 1.54) is 17.4 Å². The van der Waals surface area contributed by atoms with E-state index in [-0.39, 0.29) is 24.5 Å². The molecule has 0 bridgehead atoms. The topological polar surface area (TPSA) is 91.5 Å². The summed E-state index contributed by atoms with van der Waals surface area (Å²) in [5, 5.41) is 3.28. The largest absolute Gasteiger partial charge is 0.481 e. The maximum Gasteiger partial charge on any atom is 0.344 e. The Labute approximate surface area is 164 Å². The smallest absolute Gasteiger partial charge is 0.344 e. The molecule has 8 heteroatoms. The minimum Gasteiger partial charge on any atom is -0.481 e. The van der Waals surface area contributed by atoms with Crippen LogP contribution < -0.4 is 10.5 Å². The van der Waals surface area contributed by atoms with E-state index in [2.05, 4.69) is 4.98 Å². The number of aromatic nitrogens is 1. The lowest BCUT2D eigenvalue weighted by Crippen LogP contribution is -2.18. The van der Waals surface area contributed by atoms with Crippen LogP contribution in [0.1, 0.15) is 16.1 Å². The number of ether oxygens (including phenoxy) is 2. The van der Waals surface area contributed by atoms with Gasteiger partial charge in [0, 0.05) is 16.0 Å². The van der Waals surface area contributed by atoms with E-state index >= 15 is 0 Å². The molecule has 2 aromatic carbocycles. The zero-order chi connectivity index (χ0) is 19.2. The van der Waals surface area contributed by atoms with Crippen LogP contribution in [0.25, 0.3) is 10.6 Å². The van der Waals surface area contributed by atoms with Crippen molar-refractivity contribution in [2.24, 2.45) is 5.73 Å². The van der Waals surface area contributed by atoms with Gasteiger partial charge in [-0.3, -0.25) is 4.79 Å². The molecule has 2 N–H and O–H groups in total. The predicted octanol–water partition coefficient (Wildman–Crippen LogP) is 3.68. The molecule has 1 heterocycles. The normalized spacial score (nSPS) is 10.4. The SMILES string of the molecule is NC(=O)c1ccccc1OCC(=O)OCc1csc(-c2ccc(Cl)cc2)n1. The van der Waals surface area contributed by atoms with Crippen LogP contribution in [0.2, 0.25) is 5.02 Å². The Balaban J connectivity index is 1.53. The Morgan fingerprint density at radius 1 is 1.11 bits per heavy atom. The summed E-state index contributed by atoms with van der Waals surface area (Å²) < 4.78 is 10.5. The van der Waals surface area contributed by atoms with Crippen molar-refractivity contribution in [2.45, 2.75) is 6.61 Å². The van der Waals surface area contributed by atoms with Gasteiger partial charge in [-0.15, -0.1) is 11.3 Å². The number of benzene rings is 2. The van der Waals surface area contributed by atoms with Crippen molar-refractivity contribution >= 4 is 34.8 Å². The maximum atomic E-state index is 11.9. The number of halogens is 1. The number of esters is 1. The molecule has 3 rings (SSSR count). The first-order valence-corrected chi connectivity index (χ1v) is 9.16. The fraction of sp³-hybridized carbons (Fsp3) is 0.105. The number of thiazole rings is 1. The number of hydrogen-bond donors (Lipinski definition) is 1. The molecule has 0 saturated heterocycles. The van der Waals surface area contributed by atoms with Crippen LogP contribution >= 0.6 is 22.9 Å². The predicted molar refractivity (Wildman–Crippen MR) is 103 cm³/mol. The lowest BCUT2D eigenvalue weighted by Gasteiger charge is -2.08. The van der Waals surface area contributed by atoms with Crippen molar-refractivity contribution < 1.29 is 19.1 Å². The molecule has 0 atom stereocenters. The first kappa shape index (κ1) is 18.9. The van der Waals surface area contributed by atoms with Crippen LogP contribution in [0.3, 0.4) is 0 Å². The highest BCUT2D eigenvalue weighted by Gasteiger charge is 2.12. The summed E-state index contributed by atoms with van der Waals surface area (Å²) in [4.78, 5) is 27.6. The van der Waals surface area contributed by atoms with Gasteiger partial charge < -0.3 is 15.2 Å². The summed E-state index contributed by atoms with van der Waals surface area (Å²) in [6, 6.07) is 13.8. The van der Waals surface area contributed by atoms with Gasteiger partial charge in [-0.25, -0.2) is 9.78 Å². The van der Waals surface area contributed by atoms with Gasteiger partial charge >= 0.3 is 5.97 Å². The minimum atomic E-state index is -0.629.